The summed E-state index contributed by atoms with van der Waals surface area (Å²) in [6.45, 7) is 1.51. The monoisotopic (exact) mass is 476 g/mol. The molecule has 2 fully saturated rings. The molecule has 9 heteroatoms. The molecule has 9 nitrogen and oxygen atoms in total. The number of carbonyl (C=O) groups is 1. The summed E-state index contributed by atoms with van der Waals surface area (Å²) in [5, 5.41) is 7.27. The number of nitrogens with zero attached hydrogens (tertiary/aromatic N) is 4. The van der Waals surface area contributed by atoms with E-state index in [0.29, 0.717) is 23.2 Å². The zero-order valence-corrected chi connectivity index (χ0v) is 20.3. The Kier molecular flexibility index (Phi) is 6.83. The average Bonchev–Trinajstić information content (AvgIpc) is 3.44. The molecule has 1 amide bonds. The number of carbonyl (C=O) groups excluding carboxylic acids is 1. The summed E-state index contributed by atoms with van der Waals surface area (Å²) in [5.41, 5.74) is 1.58. The molecule has 1 aromatic carbocycles. The van der Waals surface area contributed by atoms with E-state index in [1.54, 1.807) is 13.3 Å². The lowest BCUT2D eigenvalue weighted by Gasteiger charge is -2.34. The van der Waals surface area contributed by atoms with Crippen LogP contribution in [-0.4, -0.2) is 59.1 Å². The van der Waals surface area contributed by atoms with Gasteiger partial charge in [0.05, 0.1) is 18.8 Å². The molecule has 35 heavy (non-hydrogen) atoms. The lowest BCUT2D eigenvalue weighted by Crippen LogP contribution is -2.44. The van der Waals surface area contributed by atoms with Crippen LogP contribution in [0.4, 0.5) is 17.3 Å². The number of aromatic nitrogens is 3. The molecule has 0 spiro atoms. The normalized spacial score (nSPS) is 16.9. The first kappa shape index (κ1) is 23.1. The second kappa shape index (κ2) is 10.3. The Morgan fingerprint density at radius 3 is 2.57 bits per heavy atom. The van der Waals surface area contributed by atoms with Gasteiger partial charge in [0, 0.05) is 56.0 Å². The minimum Gasteiger partial charge on any atom is -0.493 e. The summed E-state index contributed by atoms with van der Waals surface area (Å²) in [6, 6.07) is 7.68. The fourth-order valence-electron chi connectivity index (χ4n) is 4.98. The van der Waals surface area contributed by atoms with E-state index in [9.17, 15) is 4.79 Å². The number of hydrogen-bond donors (Lipinski definition) is 2. The van der Waals surface area contributed by atoms with Crippen molar-refractivity contribution in [1.29, 1.82) is 0 Å². The molecule has 2 aliphatic rings. The molecule has 3 heterocycles. The third-order valence-corrected chi connectivity index (χ3v) is 6.96. The second-order valence-corrected chi connectivity index (χ2v) is 9.17. The van der Waals surface area contributed by atoms with Crippen LogP contribution in [0.1, 0.15) is 38.5 Å². The first-order valence-corrected chi connectivity index (χ1v) is 12.3. The maximum Gasteiger partial charge on any atom is 0.225 e. The summed E-state index contributed by atoms with van der Waals surface area (Å²) in [4.78, 5) is 27.8. The van der Waals surface area contributed by atoms with Crippen molar-refractivity contribution in [3.8, 4) is 11.5 Å². The highest BCUT2D eigenvalue weighted by Gasteiger charge is 2.30. The minimum absolute atomic E-state index is 0.0635. The summed E-state index contributed by atoms with van der Waals surface area (Å²) >= 11 is 0. The van der Waals surface area contributed by atoms with Crippen LogP contribution in [0.2, 0.25) is 0 Å². The van der Waals surface area contributed by atoms with E-state index in [4.69, 9.17) is 9.47 Å². The Balaban J connectivity index is 1.25. The number of hydrogen-bond acceptors (Lipinski definition) is 8. The number of ether oxygens (including phenoxy) is 2. The highest BCUT2D eigenvalue weighted by atomic mass is 16.5. The summed E-state index contributed by atoms with van der Waals surface area (Å²) in [7, 11) is 3.46. The van der Waals surface area contributed by atoms with Crippen molar-refractivity contribution in [1.82, 2.24) is 19.9 Å². The molecule has 5 rings (SSSR count). The molecule has 184 valence electrons. The van der Waals surface area contributed by atoms with Gasteiger partial charge < -0.3 is 25.0 Å². The maximum absolute atomic E-state index is 12.7. The van der Waals surface area contributed by atoms with Crippen molar-refractivity contribution in [2.75, 3.05) is 37.9 Å². The first-order valence-electron chi connectivity index (χ1n) is 12.3. The summed E-state index contributed by atoms with van der Waals surface area (Å²) in [6.07, 6.45) is 9.42. The van der Waals surface area contributed by atoms with Crippen LogP contribution in [0.25, 0.3) is 10.9 Å². The highest BCUT2D eigenvalue weighted by Crippen LogP contribution is 2.35. The number of fused-ring (bicyclic) bond motifs is 1. The Labute approximate surface area is 205 Å². The number of piperidine rings is 1. The number of likely N-dealkylation sites (tertiary alicyclic amines) is 1. The number of amides is 1. The maximum atomic E-state index is 12.7. The van der Waals surface area contributed by atoms with Crippen LogP contribution in [0.5, 0.6) is 11.5 Å². The molecule has 3 aromatic rings. The van der Waals surface area contributed by atoms with E-state index in [0.717, 1.165) is 61.2 Å². The molecule has 0 bridgehead atoms. The van der Waals surface area contributed by atoms with Gasteiger partial charge in [-0.2, -0.15) is 0 Å². The van der Waals surface area contributed by atoms with Gasteiger partial charge in [0.2, 0.25) is 5.91 Å². The van der Waals surface area contributed by atoms with E-state index in [1.807, 2.05) is 36.2 Å². The van der Waals surface area contributed by atoms with E-state index in [-0.39, 0.29) is 12.0 Å². The number of methoxy groups -OCH3 is 1. The van der Waals surface area contributed by atoms with Crippen LogP contribution < -0.4 is 20.1 Å². The van der Waals surface area contributed by atoms with E-state index in [2.05, 4.69) is 25.6 Å². The molecule has 2 aromatic heterocycles. The fourth-order valence-corrected chi connectivity index (χ4v) is 4.98. The van der Waals surface area contributed by atoms with Crippen LogP contribution in [0, 0.1) is 5.92 Å². The average molecular weight is 477 g/mol. The van der Waals surface area contributed by atoms with Gasteiger partial charge in [0.1, 0.15) is 24.1 Å². The third kappa shape index (κ3) is 5.08. The Morgan fingerprint density at radius 2 is 1.83 bits per heavy atom. The van der Waals surface area contributed by atoms with E-state index >= 15 is 0 Å². The van der Waals surface area contributed by atoms with Gasteiger partial charge in [-0.3, -0.25) is 4.79 Å². The van der Waals surface area contributed by atoms with Crippen molar-refractivity contribution < 1.29 is 14.3 Å². The predicted molar refractivity (Wildman–Crippen MR) is 135 cm³/mol. The van der Waals surface area contributed by atoms with Crippen LogP contribution >= 0.6 is 0 Å². The molecule has 1 aliphatic carbocycles. The summed E-state index contributed by atoms with van der Waals surface area (Å²) in [5.74, 6) is 3.35. The molecular formula is C26H32N6O3. The van der Waals surface area contributed by atoms with E-state index < -0.39 is 0 Å². The Hall–Kier alpha value is -3.62. The number of anilines is 3. The second-order valence-electron chi connectivity index (χ2n) is 9.17. The minimum atomic E-state index is 0.0635. The van der Waals surface area contributed by atoms with Crippen LogP contribution in [-0.2, 0) is 4.79 Å². The molecule has 2 N–H and O–H groups in total. The molecule has 0 radical (unpaired) electrons. The Morgan fingerprint density at radius 1 is 1.03 bits per heavy atom. The van der Waals surface area contributed by atoms with Crippen molar-refractivity contribution in [2.45, 2.75) is 44.6 Å². The zero-order chi connectivity index (χ0) is 24.2. The molecule has 0 atom stereocenters. The quantitative estimate of drug-likeness (QED) is 0.518. The lowest BCUT2D eigenvalue weighted by molar-refractivity contribution is -0.137. The number of benzene rings is 1. The van der Waals surface area contributed by atoms with Crippen LogP contribution in [0.3, 0.4) is 0 Å². The largest absolute Gasteiger partial charge is 0.493 e. The van der Waals surface area contributed by atoms with Crippen LogP contribution in [0.15, 0.2) is 36.8 Å². The number of pyridine rings is 1. The Bertz CT molecular complexity index is 1190. The van der Waals surface area contributed by atoms with Gasteiger partial charge >= 0.3 is 0 Å². The number of nitrogens with one attached hydrogen (secondary N) is 2. The zero-order valence-electron chi connectivity index (χ0n) is 20.3. The fraction of sp³-hybridized carbons (Fsp3) is 0.462. The molecule has 1 saturated heterocycles. The topological polar surface area (TPSA) is 102 Å². The molecule has 1 saturated carbocycles. The molecule has 1 aliphatic heterocycles. The lowest BCUT2D eigenvalue weighted by atomic mass is 10.0. The van der Waals surface area contributed by atoms with Gasteiger partial charge in [0.15, 0.2) is 11.5 Å². The van der Waals surface area contributed by atoms with Gasteiger partial charge in [0.25, 0.3) is 0 Å². The number of rotatable bonds is 7. The van der Waals surface area contributed by atoms with Gasteiger partial charge in [-0.15, -0.1) is 0 Å². The summed E-state index contributed by atoms with van der Waals surface area (Å²) < 4.78 is 11.9. The standard InChI is InChI=1S/C26H32N6O3/c1-27-24-14-20-21(15-28-24)29-16-30-25(20)31-18-7-8-22(23(13-18)34-2)35-19-9-11-32(12-10-19)26(33)17-5-3-4-6-17/h7-8,13-17,19H,3-6,9-12H2,1-2H3,(H,27,28)(H,29,30,31). The first-order chi connectivity index (χ1) is 17.1. The smallest absolute Gasteiger partial charge is 0.225 e. The molecule has 0 unspecified atom stereocenters. The van der Waals surface area contributed by atoms with Crippen molar-refractivity contribution in [2.24, 2.45) is 5.92 Å². The van der Waals surface area contributed by atoms with Crippen molar-refractivity contribution in [3.05, 3.63) is 36.8 Å². The van der Waals surface area contributed by atoms with Crippen molar-refractivity contribution >= 4 is 34.1 Å². The SMILES string of the molecule is CNc1cc2c(Nc3ccc(OC4CCN(C(=O)C5CCCC5)CC4)c(OC)c3)ncnc2cn1. The van der Waals surface area contributed by atoms with E-state index in [1.165, 1.54) is 19.2 Å². The third-order valence-electron chi connectivity index (χ3n) is 6.96. The van der Waals surface area contributed by atoms with Gasteiger partial charge in [-0.1, -0.05) is 12.8 Å². The van der Waals surface area contributed by atoms with Gasteiger partial charge in [-0.05, 0) is 31.0 Å². The van der Waals surface area contributed by atoms with Gasteiger partial charge in [-0.25, -0.2) is 15.0 Å². The predicted octanol–water partition coefficient (Wildman–Crippen LogP) is 4.38. The molecular weight excluding hydrogens is 444 g/mol. The highest BCUT2D eigenvalue weighted by molar-refractivity contribution is 5.91. The van der Waals surface area contributed by atoms with Crippen molar-refractivity contribution in [3.63, 3.8) is 0 Å².